The first-order chi connectivity index (χ1) is 7.86. The van der Waals surface area contributed by atoms with Crippen LogP contribution < -0.4 is 15.8 Å². The van der Waals surface area contributed by atoms with Crippen LogP contribution in [-0.2, 0) is 0 Å². The third-order valence-electron chi connectivity index (χ3n) is 2.27. The van der Waals surface area contributed by atoms with Crippen molar-refractivity contribution in [3.05, 3.63) is 24.3 Å². The summed E-state index contributed by atoms with van der Waals surface area (Å²) in [7, 11) is 0. The lowest BCUT2D eigenvalue weighted by molar-refractivity contribution is 0.317. The SMILES string of the molecule is CCCOc1cccc(NCCCCN)c1. The molecule has 0 fully saturated rings. The van der Waals surface area contributed by atoms with E-state index in [1.54, 1.807) is 0 Å². The van der Waals surface area contributed by atoms with Gasteiger partial charge in [0.25, 0.3) is 0 Å². The number of nitrogens with two attached hydrogens (primary N) is 1. The molecule has 0 saturated carbocycles. The van der Waals surface area contributed by atoms with Gasteiger partial charge in [-0.15, -0.1) is 0 Å². The van der Waals surface area contributed by atoms with Gasteiger partial charge in [0.1, 0.15) is 5.75 Å². The van der Waals surface area contributed by atoms with Crippen molar-refractivity contribution in [2.45, 2.75) is 26.2 Å². The molecule has 0 saturated heterocycles. The highest BCUT2D eigenvalue weighted by atomic mass is 16.5. The van der Waals surface area contributed by atoms with Gasteiger partial charge in [-0.3, -0.25) is 0 Å². The highest BCUT2D eigenvalue weighted by Gasteiger charge is 1.95. The van der Waals surface area contributed by atoms with E-state index in [9.17, 15) is 0 Å². The Labute approximate surface area is 98.0 Å². The fourth-order valence-corrected chi connectivity index (χ4v) is 1.42. The Morgan fingerprint density at radius 2 is 2.19 bits per heavy atom. The van der Waals surface area contributed by atoms with Crippen LogP contribution in [0.15, 0.2) is 24.3 Å². The van der Waals surface area contributed by atoms with E-state index in [2.05, 4.69) is 18.3 Å². The minimum Gasteiger partial charge on any atom is -0.494 e. The average molecular weight is 222 g/mol. The van der Waals surface area contributed by atoms with Crippen LogP contribution in [0.4, 0.5) is 5.69 Å². The first-order valence-corrected chi connectivity index (χ1v) is 6.03. The van der Waals surface area contributed by atoms with Crippen LogP contribution in [0, 0.1) is 0 Å². The van der Waals surface area contributed by atoms with Crippen molar-refractivity contribution < 1.29 is 4.74 Å². The molecule has 0 aliphatic heterocycles. The summed E-state index contributed by atoms with van der Waals surface area (Å²) in [6.07, 6.45) is 3.21. The maximum atomic E-state index is 5.56. The molecule has 0 aliphatic carbocycles. The smallest absolute Gasteiger partial charge is 0.121 e. The van der Waals surface area contributed by atoms with E-state index in [-0.39, 0.29) is 0 Å². The fraction of sp³-hybridized carbons (Fsp3) is 0.538. The molecule has 16 heavy (non-hydrogen) atoms. The Balaban J connectivity index is 2.35. The number of ether oxygens (including phenoxy) is 1. The Morgan fingerprint density at radius 1 is 1.31 bits per heavy atom. The van der Waals surface area contributed by atoms with E-state index in [1.807, 2.05) is 18.2 Å². The van der Waals surface area contributed by atoms with Gasteiger partial charge < -0.3 is 15.8 Å². The molecule has 0 spiro atoms. The minimum atomic E-state index is 0.765. The molecule has 1 aromatic rings. The Morgan fingerprint density at radius 3 is 2.94 bits per heavy atom. The molecule has 3 heteroatoms. The summed E-state index contributed by atoms with van der Waals surface area (Å²) < 4.78 is 5.56. The summed E-state index contributed by atoms with van der Waals surface area (Å²) >= 11 is 0. The van der Waals surface area contributed by atoms with Gasteiger partial charge in [0, 0.05) is 18.3 Å². The van der Waals surface area contributed by atoms with Gasteiger partial charge in [0.2, 0.25) is 0 Å². The number of hydrogen-bond donors (Lipinski definition) is 2. The van der Waals surface area contributed by atoms with E-state index in [0.717, 1.165) is 50.4 Å². The van der Waals surface area contributed by atoms with Crippen LogP contribution in [0.3, 0.4) is 0 Å². The third kappa shape index (κ3) is 5.03. The molecule has 3 nitrogen and oxygen atoms in total. The van der Waals surface area contributed by atoms with Crippen molar-refractivity contribution in [1.29, 1.82) is 0 Å². The number of anilines is 1. The highest BCUT2D eigenvalue weighted by molar-refractivity contribution is 5.48. The average Bonchev–Trinajstić information content (AvgIpc) is 2.33. The Kier molecular flexibility index (Phi) is 6.42. The molecule has 0 amide bonds. The van der Waals surface area contributed by atoms with Gasteiger partial charge in [-0.25, -0.2) is 0 Å². The van der Waals surface area contributed by atoms with Crippen molar-refractivity contribution in [3.8, 4) is 5.75 Å². The van der Waals surface area contributed by atoms with E-state index >= 15 is 0 Å². The lowest BCUT2D eigenvalue weighted by atomic mass is 10.2. The number of hydrogen-bond acceptors (Lipinski definition) is 3. The maximum Gasteiger partial charge on any atom is 0.121 e. The molecule has 1 rings (SSSR count). The zero-order valence-corrected chi connectivity index (χ0v) is 10.0. The number of rotatable bonds is 8. The van der Waals surface area contributed by atoms with E-state index in [1.165, 1.54) is 0 Å². The van der Waals surface area contributed by atoms with Crippen LogP contribution in [-0.4, -0.2) is 19.7 Å². The van der Waals surface area contributed by atoms with Crippen LogP contribution >= 0.6 is 0 Å². The second kappa shape index (κ2) is 7.99. The zero-order chi connectivity index (χ0) is 11.6. The maximum absolute atomic E-state index is 5.56. The van der Waals surface area contributed by atoms with Gasteiger partial charge in [0.15, 0.2) is 0 Å². The van der Waals surface area contributed by atoms with Gasteiger partial charge in [-0.2, -0.15) is 0 Å². The van der Waals surface area contributed by atoms with Crippen LogP contribution in [0.2, 0.25) is 0 Å². The molecular weight excluding hydrogens is 200 g/mol. The summed E-state index contributed by atoms with van der Waals surface area (Å²) in [5.74, 6) is 0.936. The highest BCUT2D eigenvalue weighted by Crippen LogP contribution is 2.17. The number of unbranched alkanes of at least 4 members (excludes halogenated alkanes) is 1. The molecule has 0 radical (unpaired) electrons. The summed E-state index contributed by atoms with van der Waals surface area (Å²) in [5.41, 5.74) is 6.56. The predicted octanol–water partition coefficient (Wildman–Crippen LogP) is 2.63. The fourth-order valence-electron chi connectivity index (χ4n) is 1.42. The second-order valence-corrected chi connectivity index (χ2v) is 3.80. The molecule has 0 heterocycles. The first-order valence-electron chi connectivity index (χ1n) is 6.03. The topological polar surface area (TPSA) is 47.3 Å². The van der Waals surface area contributed by atoms with E-state index < -0.39 is 0 Å². The number of nitrogens with one attached hydrogen (secondary N) is 1. The first kappa shape index (κ1) is 12.8. The standard InChI is InChI=1S/C13H22N2O/c1-2-10-16-13-7-5-6-12(11-13)15-9-4-3-8-14/h5-7,11,15H,2-4,8-10,14H2,1H3. The van der Waals surface area contributed by atoms with Crippen molar-refractivity contribution in [1.82, 2.24) is 0 Å². The lowest BCUT2D eigenvalue weighted by Crippen LogP contribution is -2.05. The van der Waals surface area contributed by atoms with Crippen molar-refractivity contribution >= 4 is 5.69 Å². The third-order valence-corrected chi connectivity index (χ3v) is 2.27. The normalized spacial score (nSPS) is 10.1. The van der Waals surface area contributed by atoms with Gasteiger partial charge in [-0.1, -0.05) is 13.0 Å². The molecule has 90 valence electrons. The Bertz CT molecular complexity index is 289. The lowest BCUT2D eigenvalue weighted by Gasteiger charge is -2.09. The Hall–Kier alpha value is -1.22. The predicted molar refractivity (Wildman–Crippen MR) is 69.0 cm³/mol. The van der Waals surface area contributed by atoms with Crippen molar-refractivity contribution in [2.24, 2.45) is 5.73 Å². The molecular formula is C13H22N2O. The molecule has 1 aromatic carbocycles. The number of benzene rings is 1. The largest absolute Gasteiger partial charge is 0.494 e. The van der Waals surface area contributed by atoms with Crippen molar-refractivity contribution in [2.75, 3.05) is 25.0 Å². The second-order valence-electron chi connectivity index (χ2n) is 3.80. The zero-order valence-electron chi connectivity index (χ0n) is 10.0. The van der Waals surface area contributed by atoms with Gasteiger partial charge in [-0.05, 0) is 37.9 Å². The van der Waals surface area contributed by atoms with Crippen molar-refractivity contribution in [3.63, 3.8) is 0 Å². The van der Waals surface area contributed by atoms with Crippen LogP contribution in [0.25, 0.3) is 0 Å². The summed E-state index contributed by atoms with van der Waals surface area (Å²) in [6, 6.07) is 8.09. The van der Waals surface area contributed by atoms with Crippen LogP contribution in [0.1, 0.15) is 26.2 Å². The van der Waals surface area contributed by atoms with Gasteiger partial charge >= 0.3 is 0 Å². The summed E-state index contributed by atoms with van der Waals surface area (Å²) in [5, 5.41) is 3.36. The molecule has 0 aromatic heterocycles. The molecule has 3 N–H and O–H groups in total. The van der Waals surface area contributed by atoms with Gasteiger partial charge in [0.05, 0.1) is 6.61 Å². The molecule has 0 aliphatic rings. The molecule has 0 atom stereocenters. The van der Waals surface area contributed by atoms with Crippen LogP contribution in [0.5, 0.6) is 5.75 Å². The quantitative estimate of drug-likeness (QED) is 0.665. The van der Waals surface area contributed by atoms with E-state index in [0.29, 0.717) is 0 Å². The summed E-state index contributed by atoms with van der Waals surface area (Å²) in [6.45, 7) is 4.61. The monoisotopic (exact) mass is 222 g/mol. The summed E-state index contributed by atoms with van der Waals surface area (Å²) in [4.78, 5) is 0. The van der Waals surface area contributed by atoms with E-state index in [4.69, 9.17) is 10.5 Å². The molecule has 0 bridgehead atoms. The minimum absolute atomic E-state index is 0.765. The molecule has 0 unspecified atom stereocenters.